The van der Waals surface area contributed by atoms with E-state index < -0.39 is 11.7 Å². The van der Waals surface area contributed by atoms with Crippen LogP contribution >= 0.6 is 24.0 Å². The molecule has 7 heteroatoms. The molecule has 0 amide bonds. The standard InChI is InChI=1S/C15H16F3N3.HI/c1-21(13-8-9-13)14(19)20-10-2-3-11-4-6-12(7-5-11)15(16,17)18;/h4-7,13H,8-10H2,1H3,(H2,19,20);1H. The fourth-order valence-electron chi connectivity index (χ4n) is 1.77. The van der Waals surface area contributed by atoms with E-state index in [4.69, 9.17) is 5.73 Å². The number of aliphatic imine (C=N–C) groups is 1. The predicted molar refractivity (Wildman–Crippen MR) is 91.0 cm³/mol. The Bertz CT molecular complexity index is 581. The highest BCUT2D eigenvalue weighted by Crippen LogP contribution is 2.28. The van der Waals surface area contributed by atoms with Gasteiger partial charge in [0.05, 0.1) is 5.56 Å². The van der Waals surface area contributed by atoms with Gasteiger partial charge in [-0.3, -0.25) is 0 Å². The Kier molecular flexibility index (Phi) is 6.53. The van der Waals surface area contributed by atoms with E-state index in [2.05, 4.69) is 16.8 Å². The molecule has 0 unspecified atom stereocenters. The van der Waals surface area contributed by atoms with Crippen LogP contribution in [-0.4, -0.2) is 30.5 Å². The highest BCUT2D eigenvalue weighted by Gasteiger charge is 2.29. The summed E-state index contributed by atoms with van der Waals surface area (Å²) in [6.45, 7) is 0.226. The van der Waals surface area contributed by atoms with Gasteiger partial charge >= 0.3 is 6.18 Å². The minimum Gasteiger partial charge on any atom is -0.370 e. The summed E-state index contributed by atoms with van der Waals surface area (Å²) in [6.07, 6.45) is -2.06. The molecule has 1 aliphatic rings. The molecule has 0 radical (unpaired) electrons. The largest absolute Gasteiger partial charge is 0.416 e. The zero-order valence-corrected chi connectivity index (χ0v) is 14.4. The number of nitrogens with two attached hydrogens (primary N) is 1. The maximum Gasteiger partial charge on any atom is 0.416 e. The van der Waals surface area contributed by atoms with E-state index in [9.17, 15) is 13.2 Å². The third-order valence-corrected chi connectivity index (χ3v) is 3.22. The highest BCUT2D eigenvalue weighted by molar-refractivity contribution is 14.0. The molecule has 3 nitrogen and oxygen atoms in total. The molecule has 2 N–H and O–H groups in total. The number of alkyl halides is 3. The van der Waals surface area contributed by atoms with Crippen molar-refractivity contribution >= 4 is 29.9 Å². The van der Waals surface area contributed by atoms with Gasteiger partial charge in [0.2, 0.25) is 0 Å². The van der Waals surface area contributed by atoms with Crippen LogP contribution in [0.4, 0.5) is 13.2 Å². The number of nitrogens with zero attached hydrogens (tertiary/aromatic N) is 2. The van der Waals surface area contributed by atoms with Crippen LogP contribution in [0.5, 0.6) is 0 Å². The van der Waals surface area contributed by atoms with Crippen LogP contribution in [0.15, 0.2) is 29.3 Å². The second kappa shape index (κ2) is 7.72. The second-order valence-corrected chi connectivity index (χ2v) is 4.89. The first-order chi connectivity index (χ1) is 9.88. The van der Waals surface area contributed by atoms with Crippen LogP contribution in [0.3, 0.4) is 0 Å². The Morgan fingerprint density at radius 3 is 2.41 bits per heavy atom. The van der Waals surface area contributed by atoms with Crippen LogP contribution in [-0.2, 0) is 6.18 Å². The molecule has 1 fully saturated rings. The van der Waals surface area contributed by atoms with E-state index in [0.29, 0.717) is 17.6 Å². The minimum absolute atomic E-state index is 0. The van der Waals surface area contributed by atoms with Gasteiger partial charge in [0.25, 0.3) is 0 Å². The lowest BCUT2D eigenvalue weighted by molar-refractivity contribution is -0.137. The Morgan fingerprint density at radius 1 is 1.32 bits per heavy atom. The van der Waals surface area contributed by atoms with Crippen LogP contribution < -0.4 is 5.73 Å². The molecule has 1 aromatic rings. The van der Waals surface area contributed by atoms with E-state index in [0.717, 1.165) is 25.0 Å². The van der Waals surface area contributed by atoms with Gasteiger partial charge in [-0.15, -0.1) is 24.0 Å². The predicted octanol–water partition coefficient (Wildman–Crippen LogP) is 3.08. The third kappa shape index (κ3) is 5.40. The molecule has 22 heavy (non-hydrogen) atoms. The first-order valence-electron chi connectivity index (χ1n) is 6.57. The van der Waals surface area contributed by atoms with Crippen LogP contribution in [0.25, 0.3) is 0 Å². The number of hydrogen-bond acceptors (Lipinski definition) is 1. The van der Waals surface area contributed by atoms with Crippen molar-refractivity contribution in [1.82, 2.24) is 4.90 Å². The number of benzene rings is 1. The maximum absolute atomic E-state index is 12.4. The normalized spacial score (nSPS) is 14.6. The molecular formula is C15H17F3IN3. The third-order valence-electron chi connectivity index (χ3n) is 3.22. The summed E-state index contributed by atoms with van der Waals surface area (Å²) in [7, 11) is 1.89. The van der Waals surface area contributed by atoms with Gasteiger partial charge in [0, 0.05) is 18.7 Å². The zero-order valence-electron chi connectivity index (χ0n) is 12.0. The van der Waals surface area contributed by atoms with Crippen molar-refractivity contribution in [3.05, 3.63) is 35.4 Å². The molecule has 120 valence electrons. The molecule has 2 rings (SSSR count). The fraction of sp³-hybridized carbons (Fsp3) is 0.400. The molecule has 1 aliphatic carbocycles. The molecule has 0 heterocycles. The number of hydrogen-bond donors (Lipinski definition) is 1. The lowest BCUT2D eigenvalue weighted by atomic mass is 10.1. The van der Waals surface area contributed by atoms with Crippen molar-refractivity contribution in [2.75, 3.05) is 13.6 Å². The second-order valence-electron chi connectivity index (χ2n) is 4.89. The zero-order chi connectivity index (χ0) is 15.5. The van der Waals surface area contributed by atoms with Gasteiger partial charge in [-0.05, 0) is 37.1 Å². The lowest BCUT2D eigenvalue weighted by Gasteiger charge is -2.16. The van der Waals surface area contributed by atoms with Gasteiger partial charge in [0.1, 0.15) is 6.54 Å². The Balaban J connectivity index is 0.00000242. The van der Waals surface area contributed by atoms with Crippen LogP contribution in [0.1, 0.15) is 24.0 Å². The summed E-state index contributed by atoms with van der Waals surface area (Å²) in [4.78, 5) is 6.04. The highest BCUT2D eigenvalue weighted by atomic mass is 127. The first-order valence-corrected chi connectivity index (χ1v) is 6.57. The van der Waals surface area contributed by atoms with Gasteiger partial charge < -0.3 is 10.6 Å². The monoisotopic (exact) mass is 423 g/mol. The summed E-state index contributed by atoms with van der Waals surface area (Å²) < 4.78 is 37.2. The van der Waals surface area contributed by atoms with Crippen molar-refractivity contribution in [3.63, 3.8) is 0 Å². The number of rotatable bonds is 2. The average molecular weight is 423 g/mol. The summed E-state index contributed by atoms with van der Waals surface area (Å²) in [5.74, 6) is 5.99. The summed E-state index contributed by atoms with van der Waals surface area (Å²) in [6, 6.07) is 5.21. The minimum atomic E-state index is -4.32. The van der Waals surface area contributed by atoms with E-state index in [1.54, 1.807) is 0 Å². The molecule has 0 aromatic heterocycles. The van der Waals surface area contributed by atoms with Gasteiger partial charge in [-0.25, -0.2) is 4.99 Å². The van der Waals surface area contributed by atoms with E-state index in [1.807, 2.05) is 11.9 Å². The molecular weight excluding hydrogens is 406 g/mol. The number of halogens is 4. The number of guanidine groups is 1. The average Bonchev–Trinajstić information content (AvgIpc) is 3.26. The quantitative estimate of drug-likeness (QED) is 0.344. The molecule has 0 spiro atoms. The summed E-state index contributed by atoms with van der Waals surface area (Å²) in [5.41, 5.74) is 5.63. The van der Waals surface area contributed by atoms with Gasteiger partial charge in [0.15, 0.2) is 5.96 Å². The van der Waals surface area contributed by atoms with Gasteiger partial charge in [-0.2, -0.15) is 13.2 Å². The molecule has 0 saturated heterocycles. The first kappa shape index (κ1) is 18.6. The van der Waals surface area contributed by atoms with Crippen molar-refractivity contribution in [3.8, 4) is 11.8 Å². The SMILES string of the molecule is CN(C(N)=NCC#Cc1ccc(C(F)(F)F)cc1)C1CC1.I. The molecule has 1 aromatic carbocycles. The maximum atomic E-state index is 12.4. The lowest BCUT2D eigenvalue weighted by Crippen LogP contribution is -2.35. The Morgan fingerprint density at radius 2 is 1.91 bits per heavy atom. The summed E-state index contributed by atoms with van der Waals surface area (Å²) in [5, 5.41) is 0. The van der Waals surface area contributed by atoms with Crippen LogP contribution in [0, 0.1) is 11.8 Å². The van der Waals surface area contributed by atoms with Crippen molar-refractivity contribution in [1.29, 1.82) is 0 Å². The molecule has 0 aliphatic heterocycles. The Labute approximate surface area is 144 Å². The van der Waals surface area contributed by atoms with Gasteiger partial charge in [-0.1, -0.05) is 11.8 Å². The molecule has 1 saturated carbocycles. The van der Waals surface area contributed by atoms with E-state index >= 15 is 0 Å². The molecule has 0 atom stereocenters. The summed E-state index contributed by atoms with van der Waals surface area (Å²) >= 11 is 0. The fourth-order valence-corrected chi connectivity index (χ4v) is 1.77. The van der Waals surface area contributed by atoms with Crippen molar-refractivity contribution in [2.24, 2.45) is 10.7 Å². The molecule has 0 bridgehead atoms. The smallest absolute Gasteiger partial charge is 0.370 e. The van der Waals surface area contributed by atoms with E-state index in [1.165, 1.54) is 12.1 Å². The van der Waals surface area contributed by atoms with Crippen molar-refractivity contribution < 1.29 is 13.2 Å². The Hall–Kier alpha value is -1.43. The van der Waals surface area contributed by atoms with Crippen molar-refractivity contribution in [2.45, 2.75) is 25.1 Å². The van der Waals surface area contributed by atoms with E-state index in [-0.39, 0.29) is 30.5 Å². The van der Waals surface area contributed by atoms with Crippen LogP contribution in [0.2, 0.25) is 0 Å². The topological polar surface area (TPSA) is 41.6 Å².